The number of ether oxygens (including phenoxy) is 3. The summed E-state index contributed by atoms with van der Waals surface area (Å²) in [6, 6.07) is 9.67. The Morgan fingerprint density at radius 1 is 0.472 bits per heavy atom. The standard InChI is InChI=1S/C24H15Cl6N3O3/c1-10-4-13(25)7-16(28)19(10)34-22-23(35-20-11(2)5-14(26)8-17(20)29)31-33-32-24(22)36-21-12(3)6-15(27)9-18(21)30/h4-9H,1-3H3. The summed E-state index contributed by atoms with van der Waals surface area (Å²) in [6.07, 6.45) is 0. The van der Waals surface area contributed by atoms with Crippen molar-refractivity contribution in [2.24, 2.45) is 0 Å². The highest BCUT2D eigenvalue weighted by Gasteiger charge is 2.25. The molecule has 12 heteroatoms. The monoisotopic (exact) mass is 603 g/mol. The van der Waals surface area contributed by atoms with E-state index in [4.69, 9.17) is 83.8 Å². The number of rotatable bonds is 6. The molecule has 4 rings (SSSR count). The Morgan fingerprint density at radius 3 is 1.14 bits per heavy atom. The fourth-order valence-electron chi connectivity index (χ4n) is 3.26. The Balaban J connectivity index is 1.87. The van der Waals surface area contributed by atoms with E-state index in [1.165, 1.54) is 18.2 Å². The zero-order valence-electron chi connectivity index (χ0n) is 18.8. The van der Waals surface area contributed by atoms with Crippen molar-refractivity contribution in [2.45, 2.75) is 20.8 Å². The minimum atomic E-state index is -0.0968. The summed E-state index contributed by atoms with van der Waals surface area (Å²) in [5.74, 6) is 0.631. The van der Waals surface area contributed by atoms with E-state index in [-0.39, 0.29) is 49.8 Å². The van der Waals surface area contributed by atoms with E-state index in [1.807, 2.05) is 0 Å². The van der Waals surface area contributed by atoms with Crippen molar-refractivity contribution >= 4 is 69.6 Å². The van der Waals surface area contributed by atoms with Gasteiger partial charge < -0.3 is 14.2 Å². The van der Waals surface area contributed by atoms with E-state index in [0.29, 0.717) is 31.8 Å². The Morgan fingerprint density at radius 2 is 0.806 bits per heavy atom. The molecule has 0 aliphatic rings. The molecule has 0 unspecified atom stereocenters. The van der Waals surface area contributed by atoms with Crippen molar-refractivity contribution in [3.8, 4) is 34.8 Å². The number of hydrogen-bond acceptors (Lipinski definition) is 6. The van der Waals surface area contributed by atoms with Crippen molar-refractivity contribution in [1.29, 1.82) is 0 Å². The van der Waals surface area contributed by atoms with Gasteiger partial charge in [0.2, 0.25) is 0 Å². The third-order valence-corrected chi connectivity index (χ3v) is 6.34. The minimum Gasteiger partial charge on any atom is -0.444 e. The van der Waals surface area contributed by atoms with E-state index in [1.54, 1.807) is 39.0 Å². The molecule has 1 heterocycles. The second kappa shape index (κ2) is 11.1. The van der Waals surface area contributed by atoms with Gasteiger partial charge in [0.1, 0.15) is 5.75 Å². The number of aromatic nitrogens is 3. The Hall–Kier alpha value is -2.19. The molecule has 0 N–H and O–H groups in total. The maximum atomic E-state index is 6.43. The number of nitrogens with zero attached hydrogens (tertiary/aromatic N) is 3. The van der Waals surface area contributed by atoms with Crippen molar-refractivity contribution in [1.82, 2.24) is 15.4 Å². The van der Waals surface area contributed by atoms with Crippen LogP contribution in [-0.2, 0) is 0 Å². The van der Waals surface area contributed by atoms with Gasteiger partial charge in [-0.3, -0.25) is 0 Å². The van der Waals surface area contributed by atoms with Gasteiger partial charge in [-0.05, 0) is 79.1 Å². The van der Waals surface area contributed by atoms with Gasteiger partial charge in [0.25, 0.3) is 17.5 Å². The third-order valence-electron chi connectivity index (χ3n) is 4.84. The molecule has 0 spiro atoms. The van der Waals surface area contributed by atoms with E-state index >= 15 is 0 Å². The number of halogens is 6. The highest BCUT2D eigenvalue weighted by atomic mass is 35.5. The highest BCUT2D eigenvalue weighted by molar-refractivity contribution is 6.36. The summed E-state index contributed by atoms with van der Waals surface area (Å²) in [7, 11) is 0. The van der Waals surface area contributed by atoms with Crippen LogP contribution in [0, 0.1) is 20.8 Å². The first kappa shape index (κ1) is 26.9. The van der Waals surface area contributed by atoms with E-state index in [2.05, 4.69) is 15.4 Å². The fourth-order valence-corrected chi connectivity index (χ4v) is 5.16. The highest BCUT2D eigenvalue weighted by Crippen LogP contribution is 2.46. The van der Waals surface area contributed by atoms with Crippen LogP contribution in [0.3, 0.4) is 0 Å². The van der Waals surface area contributed by atoms with Gasteiger partial charge >= 0.3 is 0 Å². The zero-order valence-corrected chi connectivity index (χ0v) is 23.3. The molecule has 0 radical (unpaired) electrons. The Labute approximate surface area is 236 Å². The normalized spacial score (nSPS) is 10.9. The topological polar surface area (TPSA) is 66.4 Å². The summed E-state index contributed by atoms with van der Waals surface area (Å²) >= 11 is 37.5. The van der Waals surface area contributed by atoms with Crippen molar-refractivity contribution in [3.63, 3.8) is 0 Å². The molecule has 0 saturated carbocycles. The molecule has 0 amide bonds. The van der Waals surface area contributed by atoms with Gasteiger partial charge in [0.15, 0.2) is 11.5 Å². The molecule has 4 aromatic rings. The lowest BCUT2D eigenvalue weighted by molar-refractivity contribution is 0.352. The van der Waals surface area contributed by atoms with Crippen molar-refractivity contribution in [2.75, 3.05) is 0 Å². The van der Waals surface area contributed by atoms with Crippen molar-refractivity contribution < 1.29 is 14.2 Å². The smallest absolute Gasteiger partial charge is 0.290 e. The SMILES string of the molecule is Cc1cc(Cl)cc(Cl)c1Oc1nnnc(Oc2c(C)cc(Cl)cc2Cl)c1Oc1c(C)cc(Cl)cc1Cl. The first-order valence-corrected chi connectivity index (χ1v) is 12.4. The Kier molecular flexibility index (Phi) is 8.25. The summed E-state index contributed by atoms with van der Waals surface area (Å²) in [5.41, 5.74) is 1.94. The largest absolute Gasteiger partial charge is 0.444 e. The first-order chi connectivity index (χ1) is 17.0. The molecule has 3 aromatic carbocycles. The maximum absolute atomic E-state index is 6.43. The molecular weight excluding hydrogens is 591 g/mol. The van der Waals surface area contributed by atoms with E-state index < -0.39 is 0 Å². The molecule has 0 aliphatic heterocycles. The summed E-state index contributed by atoms with van der Waals surface area (Å²) < 4.78 is 18.2. The van der Waals surface area contributed by atoms with Crippen LogP contribution in [0.2, 0.25) is 30.1 Å². The van der Waals surface area contributed by atoms with Gasteiger partial charge in [-0.2, -0.15) is 0 Å². The van der Waals surface area contributed by atoms with Crippen LogP contribution < -0.4 is 14.2 Å². The first-order valence-electron chi connectivity index (χ1n) is 10.2. The number of aryl methyl sites for hydroxylation is 3. The third kappa shape index (κ3) is 5.86. The van der Waals surface area contributed by atoms with E-state index in [9.17, 15) is 0 Å². The lowest BCUT2D eigenvalue weighted by atomic mass is 10.2. The molecule has 186 valence electrons. The predicted molar refractivity (Wildman–Crippen MR) is 144 cm³/mol. The van der Waals surface area contributed by atoms with Crippen LogP contribution in [0.5, 0.6) is 34.8 Å². The minimum absolute atomic E-state index is 0.0341. The number of benzene rings is 3. The second-order valence-electron chi connectivity index (χ2n) is 7.64. The fraction of sp³-hybridized carbons (Fsp3) is 0.125. The molecule has 0 atom stereocenters. The van der Waals surface area contributed by atoms with Gasteiger partial charge in [0.05, 0.1) is 15.1 Å². The lowest BCUT2D eigenvalue weighted by Crippen LogP contribution is -2.03. The van der Waals surface area contributed by atoms with Gasteiger partial charge in [-0.1, -0.05) is 79.8 Å². The molecular formula is C24H15Cl6N3O3. The van der Waals surface area contributed by atoms with Crippen LogP contribution in [0.4, 0.5) is 0 Å². The van der Waals surface area contributed by atoms with Gasteiger partial charge in [0, 0.05) is 15.1 Å². The molecule has 0 fully saturated rings. The van der Waals surface area contributed by atoms with Crippen molar-refractivity contribution in [3.05, 3.63) is 83.2 Å². The molecule has 0 saturated heterocycles. The molecule has 1 aromatic heterocycles. The van der Waals surface area contributed by atoms with E-state index in [0.717, 1.165) is 0 Å². The average molecular weight is 606 g/mol. The van der Waals surface area contributed by atoms with Gasteiger partial charge in [-0.25, -0.2) is 0 Å². The maximum Gasteiger partial charge on any atom is 0.290 e. The molecule has 0 aliphatic carbocycles. The molecule has 0 bridgehead atoms. The summed E-state index contributed by atoms with van der Waals surface area (Å²) in [4.78, 5) is 0. The van der Waals surface area contributed by atoms with Crippen LogP contribution in [0.1, 0.15) is 16.7 Å². The van der Waals surface area contributed by atoms with Crippen LogP contribution in [0.15, 0.2) is 36.4 Å². The summed E-state index contributed by atoms with van der Waals surface area (Å²) in [6.45, 7) is 5.32. The second-order valence-corrected chi connectivity index (χ2v) is 10.2. The molecule has 6 nitrogen and oxygen atoms in total. The zero-order chi connectivity index (χ0) is 26.1. The molecule has 36 heavy (non-hydrogen) atoms. The van der Waals surface area contributed by atoms with Crippen LogP contribution in [-0.4, -0.2) is 15.4 Å². The lowest BCUT2D eigenvalue weighted by Gasteiger charge is -2.18. The predicted octanol–water partition coefficient (Wildman–Crippen LogP) is 10.1. The Bertz CT molecular complexity index is 1340. The van der Waals surface area contributed by atoms with Crippen LogP contribution >= 0.6 is 69.6 Å². The summed E-state index contributed by atoms with van der Waals surface area (Å²) in [5, 5.41) is 13.9. The average Bonchev–Trinajstić information content (AvgIpc) is 2.76. The quantitative estimate of drug-likeness (QED) is 0.218. The number of hydrogen-bond donors (Lipinski definition) is 0. The van der Waals surface area contributed by atoms with Crippen LogP contribution in [0.25, 0.3) is 0 Å². The van der Waals surface area contributed by atoms with Gasteiger partial charge in [-0.15, -0.1) is 0 Å².